The van der Waals surface area contributed by atoms with E-state index in [0.29, 0.717) is 12.8 Å². The van der Waals surface area contributed by atoms with Crippen molar-refractivity contribution >= 4 is 12.1 Å². The maximum atomic E-state index is 12.7. The molecule has 0 bridgehead atoms. The topological polar surface area (TPSA) is 77.2 Å². The molecule has 1 fully saturated rings. The number of rotatable bonds is 9. The standard InChI is InChI=1S/C26H30F3NO5/c1-25(2,3)35-24(32)30-20(15-18-12-8-5-9-13-18)22-21(34-22)19(14-17-10-6-4-7-11-17)16-33-23(31)26(27,28)29/h4-13,19-22H,14-16H2,1-3H3,(H,30,32)/t19-,20-,21-,22-/m0/s1. The molecule has 0 spiro atoms. The molecule has 1 N–H and O–H groups in total. The molecule has 4 atom stereocenters. The predicted octanol–water partition coefficient (Wildman–Crippen LogP) is 4.85. The van der Waals surface area contributed by atoms with E-state index in [1.165, 1.54) is 0 Å². The Kier molecular flexibility index (Phi) is 8.43. The van der Waals surface area contributed by atoms with Gasteiger partial charge in [-0.3, -0.25) is 0 Å². The zero-order valence-electron chi connectivity index (χ0n) is 19.9. The maximum absolute atomic E-state index is 12.7. The van der Waals surface area contributed by atoms with Crippen molar-refractivity contribution in [1.82, 2.24) is 5.32 Å². The van der Waals surface area contributed by atoms with Crippen molar-refractivity contribution in [3.8, 4) is 0 Å². The van der Waals surface area contributed by atoms with E-state index in [0.717, 1.165) is 11.1 Å². The number of ether oxygens (including phenoxy) is 3. The summed E-state index contributed by atoms with van der Waals surface area (Å²) in [5.41, 5.74) is 1.12. The number of amides is 1. The van der Waals surface area contributed by atoms with Gasteiger partial charge in [-0.2, -0.15) is 13.2 Å². The summed E-state index contributed by atoms with van der Waals surface area (Å²) in [7, 11) is 0. The number of esters is 1. The Morgan fingerprint density at radius 1 is 0.914 bits per heavy atom. The maximum Gasteiger partial charge on any atom is 0.490 e. The molecule has 6 nitrogen and oxygen atoms in total. The van der Waals surface area contributed by atoms with Gasteiger partial charge in [-0.05, 0) is 44.7 Å². The lowest BCUT2D eigenvalue weighted by atomic mass is 9.91. The highest BCUT2D eigenvalue weighted by Gasteiger charge is 2.51. The molecule has 1 amide bonds. The zero-order chi connectivity index (χ0) is 25.6. The molecule has 2 aromatic carbocycles. The van der Waals surface area contributed by atoms with Crippen LogP contribution in [-0.4, -0.2) is 48.7 Å². The summed E-state index contributed by atoms with van der Waals surface area (Å²) in [5.74, 6) is -2.77. The van der Waals surface area contributed by atoms with Crippen molar-refractivity contribution in [1.29, 1.82) is 0 Å². The van der Waals surface area contributed by atoms with Crippen LogP contribution in [0.2, 0.25) is 0 Å². The highest BCUT2D eigenvalue weighted by molar-refractivity contribution is 5.75. The van der Waals surface area contributed by atoms with E-state index < -0.39 is 54.6 Å². The molecule has 1 heterocycles. The third kappa shape index (κ3) is 8.58. The Morgan fingerprint density at radius 3 is 1.97 bits per heavy atom. The van der Waals surface area contributed by atoms with Crippen molar-refractivity contribution in [2.24, 2.45) is 5.92 Å². The second-order valence-electron chi connectivity index (χ2n) is 9.55. The van der Waals surface area contributed by atoms with Crippen molar-refractivity contribution in [3.63, 3.8) is 0 Å². The van der Waals surface area contributed by atoms with Crippen molar-refractivity contribution in [2.75, 3.05) is 6.61 Å². The van der Waals surface area contributed by atoms with Gasteiger partial charge in [-0.15, -0.1) is 0 Å². The lowest BCUT2D eigenvalue weighted by Gasteiger charge is -2.23. The molecule has 3 rings (SSSR count). The number of hydrogen-bond donors (Lipinski definition) is 1. The summed E-state index contributed by atoms with van der Waals surface area (Å²) >= 11 is 0. The van der Waals surface area contributed by atoms with Crippen LogP contribution in [0.15, 0.2) is 60.7 Å². The third-order valence-corrected chi connectivity index (χ3v) is 5.42. The average Bonchev–Trinajstić information content (AvgIpc) is 3.56. The highest BCUT2D eigenvalue weighted by atomic mass is 19.4. The van der Waals surface area contributed by atoms with E-state index in [-0.39, 0.29) is 0 Å². The molecule has 0 aliphatic carbocycles. The van der Waals surface area contributed by atoms with E-state index >= 15 is 0 Å². The summed E-state index contributed by atoms with van der Waals surface area (Å²) in [6.45, 7) is 4.79. The number of benzene rings is 2. The molecule has 2 aromatic rings. The van der Waals surface area contributed by atoms with Crippen molar-refractivity contribution in [3.05, 3.63) is 71.8 Å². The van der Waals surface area contributed by atoms with Crippen LogP contribution in [-0.2, 0) is 31.8 Å². The van der Waals surface area contributed by atoms with Crippen LogP contribution >= 0.6 is 0 Å². The van der Waals surface area contributed by atoms with Crippen LogP contribution < -0.4 is 5.32 Å². The summed E-state index contributed by atoms with van der Waals surface area (Å²) in [6.07, 6.45) is -5.91. The Hall–Kier alpha value is -3.07. The Balaban J connectivity index is 1.75. The van der Waals surface area contributed by atoms with Gasteiger partial charge in [0.15, 0.2) is 0 Å². The summed E-state index contributed by atoms with van der Waals surface area (Å²) < 4.78 is 54.0. The lowest BCUT2D eigenvalue weighted by Crippen LogP contribution is -2.44. The Labute approximate surface area is 202 Å². The fraction of sp³-hybridized carbons (Fsp3) is 0.462. The van der Waals surface area contributed by atoms with Gasteiger partial charge in [0.25, 0.3) is 0 Å². The predicted molar refractivity (Wildman–Crippen MR) is 123 cm³/mol. The summed E-state index contributed by atoms with van der Waals surface area (Å²) in [4.78, 5) is 23.8. The fourth-order valence-electron chi connectivity index (χ4n) is 3.87. The van der Waals surface area contributed by atoms with Crippen LogP contribution in [0, 0.1) is 5.92 Å². The monoisotopic (exact) mass is 493 g/mol. The Bertz CT molecular complexity index is 976. The van der Waals surface area contributed by atoms with Gasteiger partial charge in [-0.25, -0.2) is 9.59 Å². The molecule has 35 heavy (non-hydrogen) atoms. The fourth-order valence-corrected chi connectivity index (χ4v) is 3.87. The number of epoxide rings is 1. The first-order valence-corrected chi connectivity index (χ1v) is 11.4. The van der Waals surface area contributed by atoms with E-state index in [2.05, 4.69) is 10.1 Å². The first-order valence-electron chi connectivity index (χ1n) is 11.4. The molecule has 0 radical (unpaired) electrons. The SMILES string of the molecule is CC(C)(C)OC(=O)N[C@@H](Cc1ccccc1)[C@@H]1O[C@H]1[C@H](COC(=O)C(F)(F)F)Cc1ccccc1. The van der Waals surface area contributed by atoms with E-state index in [9.17, 15) is 22.8 Å². The molecule has 1 aliphatic rings. The largest absolute Gasteiger partial charge is 0.490 e. The molecule has 0 saturated carbocycles. The first kappa shape index (κ1) is 26.5. The molecule has 190 valence electrons. The quantitative estimate of drug-likeness (QED) is 0.399. The number of alkyl halides is 3. The lowest BCUT2D eigenvalue weighted by molar-refractivity contribution is -0.201. The Morgan fingerprint density at radius 2 is 1.46 bits per heavy atom. The van der Waals surface area contributed by atoms with Gasteiger partial charge >= 0.3 is 18.2 Å². The number of halogens is 3. The molecular weight excluding hydrogens is 463 g/mol. The molecule has 9 heteroatoms. The zero-order valence-corrected chi connectivity index (χ0v) is 19.9. The molecule has 1 aliphatic heterocycles. The third-order valence-electron chi connectivity index (χ3n) is 5.42. The molecule has 1 saturated heterocycles. The second kappa shape index (κ2) is 11.1. The van der Waals surface area contributed by atoms with Crippen LogP contribution in [0.5, 0.6) is 0 Å². The highest BCUT2D eigenvalue weighted by Crippen LogP contribution is 2.36. The van der Waals surface area contributed by atoms with E-state index in [1.807, 2.05) is 60.7 Å². The van der Waals surface area contributed by atoms with Gasteiger partial charge in [0.1, 0.15) is 11.7 Å². The summed E-state index contributed by atoms with van der Waals surface area (Å²) in [5, 5.41) is 2.85. The number of carbonyl (C=O) groups excluding carboxylic acids is 2. The van der Waals surface area contributed by atoms with Crippen LogP contribution in [0.1, 0.15) is 31.9 Å². The minimum Gasteiger partial charge on any atom is -0.459 e. The summed E-state index contributed by atoms with van der Waals surface area (Å²) in [6, 6.07) is 18.1. The van der Waals surface area contributed by atoms with Gasteiger partial charge < -0.3 is 19.5 Å². The second-order valence-corrected chi connectivity index (χ2v) is 9.55. The van der Waals surface area contributed by atoms with Crippen LogP contribution in [0.25, 0.3) is 0 Å². The number of carbonyl (C=O) groups is 2. The normalized spacial score (nSPS) is 19.4. The minimum absolute atomic E-state index is 0.345. The number of nitrogens with one attached hydrogen (secondary N) is 1. The number of alkyl carbamates (subject to hydrolysis) is 1. The average molecular weight is 494 g/mol. The van der Waals surface area contributed by atoms with Gasteiger partial charge in [0.05, 0.1) is 18.8 Å². The van der Waals surface area contributed by atoms with Crippen LogP contribution in [0.3, 0.4) is 0 Å². The molecular formula is C26H30F3NO5. The minimum atomic E-state index is -5.07. The molecule has 0 unspecified atom stereocenters. The van der Waals surface area contributed by atoms with Gasteiger partial charge in [-0.1, -0.05) is 60.7 Å². The van der Waals surface area contributed by atoms with Gasteiger partial charge in [0.2, 0.25) is 0 Å². The molecule has 0 aromatic heterocycles. The smallest absolute Gasteiger partial charge is 0.459 e. The van der Waals surface area contributed by atoms with Crippen LogP contribution in [0.4, 0.5) is 18.0 Å². The first-order chi connectivity index (χ1) is 16.4. The van der Waals surface area contributed by atoms with E-state index in [1.54, 1.807) is 20.8 Å². The van der Waals surface area contributed by atoms with E-state index in [4.69, 9.17) is 9.47 Å². The van der Waals surface area contributed by atoms with Crippen molar-refractivity contribution in [2.45, 2.75) is 63.6 Å². The van der Waals surface area contributed by atoms with Crippen molar-refractivity contribution < 1.29 is 37.0 Å². The number of hydrogen-bond acceptors (Lipinski definition) is 5. The van der Waals surface area contributed by atoms with Gasteiger partial charge in [0, 0.05) is 5.92 Å².